The first-order valence-corrected chi connectivity index (χ1v) is 6.17. The molecule has 1 atom stereocenters. The van der Waals surface area contributed by atoms with Gasteiger partial charge < -0.3 is 19.7 Å². The lowest BCUT2D eigenvalue weighted by atomic mass is 9.99. The Labute approximate surface area is 121 Å². The number of aromatic carboxylic acids is 1. The van der Waals surface area contributed by atoms with Gasteiger partial charge in [0.25, 0.3) is 0 Å². The predicted molar refractivity (Wildman–Crippen MR) is 74.8 cm³/mol. The van der Waals surface area contributed by atoms with E-state index in [2.05, 4.69) is 4.98 Å². The highest BCUT2D eigenvalue weighted by Crippen LogP contribution is 2.37. The van der Waals surface area contributed by atoms with E-state index in [9.17, 15) is 9.90 Å². The van der Waals surface area contributed by atoms with Crippen LogP contribution in [0, 0.1) is 0 Å². The van der Waals surface area contributed by atoms with Gasteiger partial charge in [0.05, 0.1) is 14.2 Å². The van der Waals surface area contributed by atoms with Crippen molar-refractivity contribution in [3.05, 3.63) is 53.3 Å². The summed E-state index contributed by atoms with van der Waals surface area (Å²) in [6.45, 7) is 0. The summed E-state index contributed by atoms with van der Waals surface area (Å²) in [7, 11) is 2.94. The van der Waals surface area contributed by atoms with Crippen molar-refractivity contribution in [1.82, 2.24) is 4.98 Å². The molecule has 0 saturated carbocycles. The molecule has 1 heterocycles. The number of hydrogen-bond acceptors (Lipinski definition) is 5. The molecule has 0 bridgehead atoms. The Morgan fingerprint density at radius 3 is 2.48 bits per heavy atom. The molecule has 0 aliphatic carbocycles. The third-order valence-electron chi connectivity index (χ3n) is 3.06. The minimum atomic E-state index is -1.20. The molecule has 0 radical (unpaired) electrons. The maximum absolute atomic E-state index is 11.2. The average Bonchev–Trinajstić information content (AvgIpc) is 2.53. The van der Waals surface area contributed by atoms with E-state index in [4.69, 9.17) is 14.6 Å². The van der Waals surface area contributed by atoms with Crippen LogP contribution < -0.4 is 9.47 Å². The lowest BCUT2D eigenvalue weighted by Crippen LogP contribution is -2.11. The van der Waals surface area contributed by atoms with Crippen molar-refractivity contribution in [3.63, 3.8) is 0 Å². The number of hydrogen-bond donors (Lipinski definition) is 2. The molecule has 1 aromatic carbocycles. The topological polar surface area (TPSA) is 88.9 Å². The lowest BCUT2D eigenvalue weighted by Gasteiger charge is -2.18. The summed E-state index contributed by atoms with van der Waals surface area (Å²) in [5.41, 5.74) is 0.402. The Kier molecular flexibility index (Phi) is 4.39. The van der Waals surface area contributed by atoms with E-state index in [0.29, 0.717) is 17.1 Å². The van der Waals surface area contributed by atoms with Crippen LogP contribution in [0.2, 0.25) is 0 Å². The van der Waals surface area contributed by atoms with Crippen molar-refractivity contribution in [2.45, 2.75) is 6.10 Å². The normalized spacial score (nSPS) is 11.8. The van der Waals surface area contributed by atoms with E-state index in [1.807, 2.05) is 0 Å². The van der Waals surface area contributed by atoms with Gasteiger partial charge in [-0.3, -0.25) is 0 Å². The molecule has 0 aliphatic rings. The smallest absolute Gasteiger partial charge is 0.354 e. The molecule has 6 heteroatoms. The van der Waals surface area contributed by atoms with Gasteiger partial charge in [0.2, 0.25) is 0 Å². The third kappa shape index (κ3) is 2.80. The highest BCUT2D eigenvalue weighted by molar-refractivity contribution is 5.87. The fourth-order valence-electron chi connectivity index (χ4n) is 2.11. The number of methoxy groups -OCH3 is 2. The maximum atomic E-state index is 11.2. The summed E-state index contributed by atoms with van der Waals surface area (Å²) in [6, 6.07) is 8.11. The minimum absolute atomic E-state index is 0.191. The number of para-hydroxylation sites is 1. The number of benzene rings is 1. The monoisotopic (exact) mass is 289 g/mol. The lowest BCUT2D eigenvalue weighted by molar-refractivity contribution is 0.0684. The maximum Gasteiger partial charge on any atom is 0.354 e. The second kappa shape index (κ2) is 6.23. The zero-order valence-electron chi connectivity index (χ0n) is 11.6. The number of rotatable bonds is 5. The number of aromatic nitrogens is 1. The summed E-state index contributed by atoms with van der Waals surface area (Å²) >= 11 is 0. The van der Waals surface area contributed by atoms with Crippen LogP contribution in [-0.2, 0) is 0 Å². The van der Waals surface area contributed by atoms with Gasteiger partial charge in [0.1, 0.15) is 6.10 Å². The van der Waals surface area contributed by atoms with Gasteiger partial charge in [-0.15, -0.1) is 0 Å². The third-order valence-corrected chi connectivity index (χ3v) is 3.06. The fourth-order valence-corrected chi connectivity index (χ4v) is 2.11. The minimum Gasteiger partial charge on any atom is -0.493 e. The second-order valence-electron chi connectivity index (χ2n) is 4.23. The van der Waals surface area contributed by atoms with Gasteiger partial charge in [0.15, 0.2) is 17.2 Å². The number of nitrogens with zero attached hydrogens (tertiary/aromatic N) is 1. The molecule has 2 N–H and O–H groups in total. The largest absolute Gasteiger partial charge is 0.493 e. The van der Waals surface area contributed by atoms with Crippen LogP contribution in [0.25, 0.3) is 0 Å². The summed E-state index contributed by atoms with van der Waals surface area (Å²) in [5.74, 6) is -0.394. The molecular weight excluding hydrogens is 274 g/mol. The number of pyridine rings is 1. The van der Waals surface area contributed by atoms with Crippen molar-refractivity contribution in [2.24, 2.45) is 0 Å². The van der Waals surface area contributed by atoms with Crippen LogP contribution in [0.5, 0.6) is 11.5 Å². The first-order valence-electron chi connectivity index (χ1n) is 6.17. The van der Waals surface area contributed by atoms with Gasteiger partial charge in [-0.25, -0.2) is 9.78 Å². The van der Waals surface area contributed by atoms with Crippen LogP contribution in [0.3, 0.4) is 0 Å². The van der Waals surface area contributed by atoms with Crippen molar-refractivity contribution < 1.29 is 24.5 Å². The van der Waals surface area contributed by atoms with Gasteiger partial charge in [-0.05, 0) is 12.1 Å². The summed E-state index contributed by atoms with van der Waals surface area (Å²) in [6.07, 6.45) is 0.178. The molecule has 21 heavy (non-hydrogen) atoms. The summed E-state index contributed by atoms with van der Waals surface area (Å²) in [4.78, 5) is 15.0. The Morgan fingerprint density at radius 1 is 1.14 bits per heavy atom. The Balaban J connectivity index is 2.55. The van der Waals surface area contributed by atoms with E-state index in [-0.39, 0.29) is 11.3 Å². The van der Waals surface area contributed by atoms with Crippen LogP contribution in [0.15, 0.2) is 36.5 Å². The van der Waals surface area contributed by atoms with Crippen LogP contribution in [-0.4, -0.2) is 35.4 Å². The molecule has 2 rings (SSSR count). The van der Waals surface area contributed by atoms with Crippen molar-refractivity contribution >= 4 is 5.97 Å². The van der Waals surface area contributed by atoms with Gasteiger partial charge in [0, 0.05) is 17.3 Å². The quantitative estimate of drug-likeness (QED) is 0.873. The molecule has 1 aromatic heterocycles. The molecule has 0 fully saturated rings. The molecule has 110 valence electrons. The SMILES string of the molecule is COc1cccc(C(O)c2cccnc2C(=O)O)c1OC. The highest BCUT2D eigenvalue weighted by Gasteiger charge is 2.23. The zero-order chi connectivity index (χ0) is 15.4. The number of aliphatic hydroxyl groups is 1. The van der Waals surface area contributed by atoms with E-state index in [1.165, 1.54) is 26.5 Å². The highest BCUT2D eigenvalue weighted by atomic mass is 16.5. The molecular formula is C15H15NO5. The van der Waals surface area contributed by atoms with Gasteiger partial charge >= 0.3 is 5.97 Å². The Hall–Kier alpha value is -2.60. The van der Waals surface area contributed by atoms with Crippen molar-refractivity contribution in [3.8, 4) is 11.5 Å². The van der Waals surface area contributed by atoms with E-state index in [0.717, 1.165) is 0 Å². The molecule has 0 spiro atoms. The van der Waals surface area contributed by atoms with E-state index in [1.54, 1.807) is 24.3 Å². The van der Waals surface area contributed by atoms with Gasteiger partial charge in [-0.1, -0.05) is 18.2 Å². The van der Waals surface area contributed by atoms with E-state index >= 15 is 0 Å². The van der Waals surface area contributed by atoms with Crippen molar-refractivity contribution in [2.75, 3.05) is 14.2 Å². The Bertz CT molecular complexity index is 656. The van der Waals surface area contributed by atoms with Crippen LogP contribution >= 0.6 is 0 Å². The second-order valence-corrected chi connectivity index (χ2v) is 4.23. The average molecular weight is 289 g/mol. The zero-order valence-corrected chi connectivity index (χ0v) is 11.6. The molecule has 0 aliphatic heterocycles. The summed E-state index contributed by atoms with van der Waals surface area (Å²) in [5, 5.41) is 19.7. The van der Waals surface area contributed by atoms with Crippen LogP contribution in [0.1, 0.15) is 27.7 Å². The number of ether oxygens (including phenoxy) is 2. The molecule has 1 unspecified atom stereocenters. The van der Waals surface area contributed by atoms with Crippen LogP contribution in [0.4, 0.5) is 0 Å². The first-order chi connectivity index (χ1) is 10.1. The first kappa shape index (κ1) is 14.8. The number of aliphatic hydroxyl groups excluding tert-OH is 1. The predicted octanol–water partition coefficient (Wildman–Crippen LogP) is 1.88. The molecule has 2 aromatic rings. The molecule has 0 saturated heterocycles. The Morgan fingerprint density at radius 2 is 1.86 bits per heavy atom. The number of carbonyl (C=O) groups is 1. The number of carboxylic acid groups (broad SMARTS) is 1. The molecule has 6 nitrogen and oxygen atoms in total. The molecule has 0 amide bonds. The summed E-state index contributed by atoms with van der Waals surface area (Å²) < 4.78 is 10.4. The van der Waals surface area contributed by atoms with Gasteiger partial charge in [-0.2, -0.15) is 0 Å². The number of carboxylic acids is 1. The fraction of sp³-hybridized carbons (Fsp3) is 0.200. The van der Waals surface area contributed by atoms with Crippen molar-refractivity contribution in [1.29, 1.82) is 0 Å². The standard InChI is InChI=1S/C15H15NO5/c1-20-11-7-3-5-10(14(11)21-2)13(17)9-6-4-8-16-12(9)15(18)19/h3-8,13,17H,1-2H3,(H,18,19). The van der Waals surface area contributed by atoms with E-state index < -0.39 is 12.1 Å².